The molecule has 1 unspecified atom stereocenters. The Morgan fingerprint density at radius 3 is 1.94 bits per heavy atom. The van der Waals surface area contributed by atoms with E-state index in [1.54, 1.807) is 7.11 Å². The number of amides is 1. The van der Waals surface area contributed by atoms with Crippen LogP contribution in [0.1, 0.15) is 31.4 Å². The smallest absolute Gasteiger partial charge is 0.238 e. The summed E-state index contributed by atoms with van der Waals surface area (Å²) in [5.74, 6) is 1.70. The molecular formula is C28H31NO3. The van der Waals surface area contributed by atoms with Gasteiger partial charge >= 0.3 is 0 Å². The van der Waals surface area contributed by atoms with Gasteiger partial charge in [-0.3, -0.25) is 4.79 Å². The van der Waals surface area contributed by atoms with Crippen molar-refractivity contribution in [3.8, 4) is 11.5 Å². The Balaban J connectivity index is 1.72. The Morgan fingerprint density at radius 1 is 0.875 bits per heavy atom. The predicted molar refractivity (Wildman–Crippen MR) is 127 cm³/mol. The van der Waals surface area contributed by atoms with Gasteiger partial charge < -0.3 is 14.4 Å². The number of methoxy groups -OCH3 is 1. The first-order chi connectivity index (χ1) is 15.6. The number of para-hydroxylation sites is 2. The van der Waals surface area contributed by atoms with Gasteiger partial charge in [0.2, 0.25) is 5.91 Å². The lowest BCUT2D eigenvalue weighted by Crippen LogP contribution is -2.43. The summed E-state index contributed by atoms with van der Waals surface area (Å²) in [4.78, 5) is 16.1. The van der Waals surface area contributed by atoms with Gasteiger partial charge in [0.15, 0.2) is 11.5 Å². The van der Waals surface area contributed by atoms with Gasteiger partial charge in [0, 0.05) is 18.5 Å². The van der Waals surface area contributed by atoms with Crippen molar-refractivity contribution in [3.05, 3.63) is 96.1 Å². The highest BCUT2D eigenvalue weighted by Gasteiger charge is 2.56. The highest BCUT2D eigenvalue weighted by Crippen LogP contribution is 2.48. The molecule has 0 bridgehead atoms. The number of rotatable bonds is 8. The van der Waals surface area contributed by atoms with Crippen molar-refractivity contribution in [2.24, 2.45) is 5.92 Å². The highest BCUT2D eigenvalue weighted by molar-refractivity contribution is 5.95. The second-order valence-electron chi connectivity index (χ2n) is 8.58. The summed E-state index contributed by atoms with van der Waals surface area (Å²) in [5.41, 5.74) is 1.36. The number of carbonyl (C=O) groups excluding carboxylic acids is 1. The highest BCUT2D eigenvalue weighted by atomic mass is 16.5. The minimum absolute atomic E-state index is 0.0805. The Labute approximate surface area is 190 Å². The van der Waals surface area contributed by atoms with Crippen LogP contribution in [-0.4, -0.2) is 37.1 Å². The van der Waals surface area contributed by atoms with Crippen molar-refractivity contribution in [1.29, 1.82) is 0 Å². The molecule has 1 saturated heterocycles. The summed E-state index contributed by atoms with van der Waals surface area (Å²) in [6.07, 6.45) is 0.747. The fraction of sp³-hybridized carbons (Fsp3) is 0.321. The maximum absolute atomic E-state index is 14.1. The Hall–Kier alpha value is -3.27. The van der Waals surface area contributed by atoms with E-state index in [1.807, 2.05) is 65.6 Å². The van der Waals surface area contributed by atoms with Crippen molar-refractivity contribution < 1.29 is 14.3 Å². The third-order valence-electron chi connectivity index (χ3n) is 6.50. The zero-order valence-electron chi connectivity index (χ0n) is 19.0. The first-order valence-electron chi connectivity index (χ1n) is 11.3. The second-order valence-corrected chi connectivity index (χ2v) is 8.58. The van der Waals surface area contributed by atoms with Crippen LogP contribution < -0.4 is 9.47 Å². The monoisotopic (exact) mass is 429 g/mol. The lowest BCUT2D eigenvalue weighted by molar-refractivity contribution is -0.132. The lowest BCUT2D eigenvalue weighted by Gasteiger charge is -2.34. The van der Waals surface area contributed by atoms with E-state index in [4.69, 9.17) is 9.47 Å². The molecule has 166 valence electrons. The van der Waals surface area contributed by atoms with Gasteiger partial charge in [-0.15, -0.1) is 0 Å². The number of hydrogen-bond donors (Lipinski definition) is 0. The molecular weight excluding hydrogens is 398 g/mol. The molecule has 3 aromatic rings. The van der Waals surface area contributed by atoms with Crippen LogP contribution in [-0.2, 0) is 10.2 Å². The number of nitrogens with zero attached hydrogens (tertiary/aromatic N) is 1. The SMILES string of the molecule is COc1ccccc1OCCC1CN(C(C)C)C(=O)C1(c1ccccc1)c1ccccc1. The van der Waals surface area contributed by atoms with Crippen LogP contribution in [0.3, 0.4) is 0 Å². The largest absolute Gasteiger partial charge is 0.493 e. The number of ether oxygens (including phenoxy) is 2. The molecule has 4 heteroatoms. The summed E-state index contributed by atoms with van der Waals surface area (Å²) >= 11 is 0. The van der Waals surface area contributed by atoms with Crippen LogP contribution in [0.15, 0.2) is 84.9 Å². The molecule has 1 amide bonds. The molecule has 1 atom stereocenters. The van der Waals surface area contributed by atoms with Crippen LogP contribution in [0.25, 0.3) is 0 Å². The second kappa shape index (κ2) is 9.47. The fourth-order valence-corrected chi connectivity index (χ4v) is 4.95. The Kier molecular flexibility index (Phi) is 6.50. The van der Waals surface area contributed by atoms with E-state index < -0.39 is 5.41 Å². The van der Waals surface area contributed by atoms with Crippen LogP contribution >= 0.6 is 0 Å². The van der Waals surface area contributed by atoms with E-state index in [0.717, 1.165) is 29.0 Å². The number of hydrogen-bond acceptors (Lipinski definition) is 3. The predicted octanol–water partition coefficient (Wildman–Crippen LogP) is 5.32. The van der Waals surface area contributed by atoms with Crippen LogP contribution in [0, 0.1) is 5.92 Å². The van der Waals surface area contributed by atoms with Crippen molar-refractivity contribution in [2.45, 2.75) is 31.7 Å². The van der Waals surface area contributed by atoms with E-state index in [2.05, 4.69) is 38.1 Å². The van der Waals surface area contributed by atoms with E-state index in [1.165, 1.54) is 0 Å². The zero-order chi connectivity index (χ0) is 22.6. The number of likely N-dealkylation sites (tertiary alicyclic amines) is 1. The van der Waals surface area contributed by atoms with Gasteiger partial charge in [0.05, 0.1) is 13.7 Å². The minimum atomic E-state index is -0.725. The molecule has 32 heavy (non-hydrogen) atoms. The molecule has 0 aromatic heterocycles. The van der Waals surface area contributed by atoms with Gasteiger partial charge in [-0.2, -0.15) is 0 Å². The van der Waals surface area contributed by atoms with E-state index in [-0.39, 0.29) is 17.9 Å². The molecule has 4 nitrogen and oxygen atoms in total. The molecule has 4 rings (SSSR count). The normalized spacial score (nSPS) is 17.6. The summed E-state index contributed by atoms with van der Waals surface area (Å²) in [6.45, 7) is 5.39. The van der Waals surface area contributed by atoms with Crippen LogP contribution in [0.4, 0.5) is 0 Å². The van der Waals surface area contributed by atoms with Gasteiger partial charge in [-0.25, -0.2) is 0 Å². The van der Waals surface area contributed by atoms with Crippen molar-refractivity contribution >= 4 is 5.91 Å². The molecule has 0 N–H and O–H groups in total. The maximum Gasteiger partial charge on any atom is 0.238 e. The quantitative estimate of drug-likeness (QED) is 0.487. The molecule has 0 saturated carbocycles. The summed E-state index contributed by atoms with van der Waals surface area (Å²) in [5, 5.41) is 0. The number of benzene rings is 3. The molecule has 1 aliphatic rings. The van der Waals surface area contributed by atoms with Gasteiger partial charge in [-0.05, 0) is 43.5 Å². The summed E-state index contributed by atoms with van der Waals surface area (Å²) < 4.78 is 11.6. The lowest BCUT2D eigenvalue weighted by atomic mass is 9.66. The third-order valence-corrected chi connectivity index (χ3v) is 6.50. The summed E-state index contributed by atoms with van der Waals surface area (Å²) in [6, 6.07) is 28.2. The van der Waals surface area contributed by atoms with Gasteiger partial charge in [0.1, 0.15) is 5.41 Å². The first kappa shape index (κ1) is 21.9. The summed E-state index contributed by atoms with van der Waals surface area (Å²) in [7, 11) is 1.65. The molecule has 1 aliphatic heterocycles. The number of carbonyl (C=O) groups is 1. The fourth-order valence-electron chi connectivity index (χ4n) is 4.95. The maximum atomic E-state index is 14.1. The Morgan fingerprint density at radius 2 is 1.41 bits per heavy atom. The van der Waals surface area contributed by atoms with Gasteiger partial charge in [0.25, 0.3) is 0 Å². The van der Waals surface area contributed by atoms with Crippen molar-refractivity contribution in [1.82, 2.24) is 4.90 Å². The standard InChI is InChI=1S/C28H31NO3/c1-21(2)29-20-24(18-19-32-26-17-11-10-16-25(26)31-3)28(27(29)30,22-12-6-4-7-13-22)23-14-8-5-9-15-23/h4-17,21,24H,18-20H2,1-3H3. The zero-order valence-corrected chi connectivity index (χ0v) is 19.0. The van der Waals surface area contributed by atoms with E-state index in [0.29, 0.717) is 13.2 Å². The average molecular weight is 430 g/mol. The van der Waals surface area contributed by atoms with Crippen molar-refractivity contribution in [2.75, 3.05) is 20.3 Å². The molecule has 0 spiro atoms. The van der Waals surface area contributed by atoms with Crippen molar-refractivity contribution in [3.63, 3.8) is 0 Å². The van der Waals surface area contributed by atoms with Crippen LogP contribution in [0.2, 0.25) is 0 Å². The molecule has 0 radical (unpaired) electrons. The topological polar surface area (TPSA) is 38.8 Å². The molecule has 0 aliphatic carbocycles. The molecule has 3 aromatic carbocycles. The molecule has 1 heterocycles. The Bertz CT molecular complexity index is 993. The van der Waals surface area contributed by atoms with Crippen LogP contribution in [0.5, 0.6) is 11.5 Å². The first-order valence-corrected chi connectivity index (χ1v) is 11.3. The average Bonchev–Trinajstić information content (AvgIpc) is 3.13. The molecule has 1 fully saturated rings. The van der Waals surface area contributed by atoms with E-state index >= 15 is 0 Å². The minimum Gasteiger partial charge on any atom is -0.493 e. The van der Waals surface area contributed by atoms with Gasteiger partial charge in [-0.1, -0.05) is 72.8 Å². The third kappa shape index (κ3) is 3.86. The van der Waals surface area contributed by atoms with E-state index in [9.17, 15) is 4.79 Å².